The Balaban J connectivity index is 1.68. The van der Waals surface area contributed by atoms with Crippen LogP contribution in [0.25, 0.3) is 0 Å². The Morgan fingerprint density at radius 1 is 1.20 bits per heavy atom. The number of ether oxygens (including phenoxy) is 2. The molecule has 1 atom stereocenters. The van der Waals surface area contributed by atoms with Gasteiger partial charge in [-0.3, -0.25) is 9.69 Å². The van der Waals surface area contributed by atoms with Crippen molar-refractivity contribution in [1.82, 2.24) is 4.90 Å². The van der Waals surface area contributed by atoms with Crippen molar-refractivity contribution in [3.8, 4) is 17.6 Å². The number of halogens is 1. The molecule has 0 spiro atoms. The van der Waals surface area contributed by atoms with Crippen LogP contribution in [0, 0.1) is 11.3 Å². The summed E-state index contributed by atoms with van der Waals surface area (Å²) in [6.45, 7) is 0.351. The average Bonchev–Trinajstić information content (AvgIpc) is 2.78. The lowest BCUT2D eigenvalue weighted by molar-refractivity contribution is -0.129. The molecule has 154 valence electrons. The molecule has 0 bridgehead atoms. The predicted molar refractivity (Wildman–Crippen MR) is 118 cm³/mol. The van der Waals surface area contributed by atoms with Gasteiger partial charge in [0.2, 0.25) is 5.91 Å². The van der Waals surface area contributed by atoms with E-state index in [1.807, 2.05) is 36.4 Å². The van der Waals surface area contributed by atoms with Gasteiger partial charge in [-0.05, 0) is 23.8 Å². The van der Waals surface area contributed by atoms with E-state index in [-0.39, 0.29) is 18.2 Å². The highest BCUT2D eigenvalue weighted by Gasteiger charge is 2.39. The molecule has 1 saturated heterocycles. The quantitative estimate of drug-likeness (QED) is 0.692. The lowest BCUT2D eigenvalue weighted by atomic mass is 9.86. The van der Waals surface area contributed by atoms with Crippen LogP contribution in [-0.2, 0) is 4.79 Å². The Kier molecular flexibility index (Phi) is 5.80. The summed E-state index contributed by atoms with van der Waals surface area (Å²) in [4.78, 5) is 16.8. The van der Waals surface area contributed by atoms with Crippen molar-refractivity contribution in [3.05, 3.63) is 63.7 Å². The van der Waals surface area contributed by atoms with Crippen LogP contribution in [0.2, 0.25) is 5.02 Å². The maximum absolute atomic E-state index is 13.1. The second kappa shape index (κ2) is 8.50. The highest BCUT2D eigenvalue weighted by Crippen LogP contribution is 2.45. The van der Waals surface area contributed by atoms with Crippen LogP contribution in [0.5, 0.6) is 11.5 Å². The van der Waals surface area contributed by atoms with Crippen molar-refractivity contribution < 1.29 is 14.3 Å². The number of nitriles is 1. The summed E-state index contributed by atoms with van der Waals surface area (Å²) in [6.07, 6.45) is 0.213. The maximum atomic E-state index is 13.1. The van der Waals surface area contributed by atoms with E-state index in [9.17, 15) is 10.1 Å². The number of allylic oxidation sites excluding steroid dienone is 1. The largest absolute Gasteiger partial charge is 0.497 e. The molecule has 6 nitrogen and oxygen atoms in total. The van der Waals surface area contributed by atoms with Crippen LogP contribution >= 0.6 is 23.4 Å². The van der Waals surface area contributed by atoms with Gasteiger partial charge >= 0.3 is 0 Å². The zero-order valence-corrected chi connectivity index (χ0v) is 18.2. The zero-order chi connectivity index (χ0) is 21.3. The number of nitrogens with zero attached hydrogens (tertiary/aromatic N) is 3. The van der Waals surface area contributed by atoms with Crippen molar-refractivity contribution in [2.24, 2.45) is 0 Å². The molecule has 2 aliphatic heterocycles. The Morgan fingerprint density at radius 2 is 2.00 bits per heavy atom. The molecule has 4 rings (SSSR count). The van der Waals surface area contributed by atoms with Gasteiger partial charge in [0.15, 0.2) is 0 Å². The van der Waals surface area contributed by atoms with Gasteiger partial charge in [0.25, 0.3) is 0 Å². The molecule has 0 N–H and O–H groups in total. The number of rotatable bonds is 4. The van der Waals surface area contributed by atoms with Crippen LogP contribution < -0.4 is 14.4 Å². The molecule has 2 heterocycles. The molecule has 0 saturated carbocycles. The Labute approximate surface area is 184 Å². The van der Waals surface area contributed by atoms with E-state index in [1.165, 1.54) is 11.8 Å². The molecule has 0 unspecified atom stereocenters. The molecular weight excluding hydrogens is 422 g/mol. The summed E-state index contributed by atoms with van der Waals surface area (Å²) in [5.74, 6) is 1.60. The monoisotopic (exact) mass is 441 g/mol. The van der Waals surface area contributed by atoms with Gasteiger partial charge in [-0.15, -0.1) is 0 Å². The SMILES string of the molecule is COc1ccc(N2CSC3=C(C#N)[C@@H](c4ccccc4Cl)CC(=O)N3C2)c(OC)c1. The molecular formula is C22H20ClN3O3S. The normalized spacial score (nSPS) is 18.7. The van der Waals surface area contributed by atoms with E-state index in [1.54, 1.807) is 25.2 Å². The highest BCUT2D eigenvalue weighted by molar-refractivity contribution is 8.03. The lowest BCUT2D eigenvalue weighted by Gasteiger charge is -2.42. The molecule has 30 heavy (non-hydrogen) atoms. The van der Waals surface area contributed by atoms with Gasteiger partial charge in [-0.1, -0.05) is 41.6 Å². The number of hydrogen-bond donors (Lipinski definition) is 0. The Morgan fingerprint density at radius 3 is 2.70 bits per heavy atom. The first-order chi connectivity index (χ1) is 14.6. The van der Waals surface area contributed by atoms with E-state index in [0.717, 1.165) is 11.3 Å². The third-order valence-corrected chi connectivity index (χ3v) is 6.80. The van der Waals surface area contributed by atoms with E-state index >= 15 is 0 Å². The number of hydrogen-bond acceptors (Lipinski definition) is 6. The number of fused-ring (bicyclic) bond motifs is 1. The fourth-order valence-electron chi connectivity index (χ4n) is 3.78. The van der Waals surface area contributed by atoms with Crippen molar-refractivity contribution in [1.29, 1.82) is 5.26 Å². The van der Waals surface area contributed by atoms with E-state index in [2.05, 4.69) is 11.0 Å². The molecule has 1 amide bonds. The minimum absolute atomic E-state index is 0.0291. The van der Waals surface area contributed by atoms with Crippen molar-refractivity contribution >= 4 is 35.0 Å². The van der Waals surface area contributed by atoms with E-state index in [0.29, 0.717) is 39.7 Å². The number of carbonyl (C=O) groups excluding carboxylic acids is 1. The summed E-state index contributed by atoms with van der Waals surface area (Å²) >= 11 is 7.85. The molecule has 0 aromatic heterocycles. The Bertz CT molecular complexity index is 1070. The molecule has 8 heteroatoms. The number of amides is 1. The fourth-order valence-corrected chi connectivity index (χ4v) is 5.21. The maximum Gasteiger partial charge on any atom is 0.229 e. The lowest BCUT2D eigenvalue weighted by Crippen LogP contribution is -2.47. The predicted octanol–water partition coefficient (Wildman–Crippen LogP) is 4.58. The second-order valence-electron chi connectivity index (χ2n) is 6.92. The minimum atomic E-state index is -0.322. The third-order valence-electron chi connectivity index (χ3n) is 5.30. The van der Waals surface area contributed by atoms with Crippen LogP contribution in [0.1, 0.15) is 17.9 Å². The van der Waals surface area contributed by atoms with Gasteiger partial charge in [0, 0.05) is 23.4 Å². The zero-order valence-electron chi connectivity index (χ0n) is 16.6. The highest BCUT2D eigenvalue weighted by atomic mass is 35.5. The van der Waals surface area contributed by atoms with Gasteiger partial charge in [0.1, 0.15) is 11.5 Å². The second-order valence-corrected chi connectivity index (χ2v) is 8.26. The molecule has 2 aromatic rings. The van der Waals surface area contributed by atoms with Crippen LogP contribution in [-0.4, -0.2) is 37.6 Å². The minimum Gasteiger partial charge on any atom is -0.497 e. The summed E-state index contributed by atoms with van der Waals surface area (Å²) in [6, 6.07) is 15.3. The summed E-state index contributed by atoms with van der Waals surface area (Å²) in [5.41, 5.74) is 2.27. The fraction of sp³-hybridized carbons (Fsp3) is 0.273. The van der Waals surface area contributed by atoms with Crippen LogP contribution in [0.3, 0.4) is 0 Å². The Hall–Kier alpha value is -2.82. The van der Waals surface area contributed by atoms with E-state index in [4.69, 9.17) is 21.1 Å². The van der Waals surface area contributed by atoms with E-state index < -0.39 is 0 Å². The number of carbonyl (C=O) groups is 1. The van der Waals surface area contributed by atoms with Crippen molar-refractivity contribution in [2.45, 2.75) is 12.3 Å². The van der Waals surface area contributed by atoms with Crippen LogP contribution in [0.15, 0.2) is 53.1 Å². The van der Waals surface area contributed by atoms with Gasteiger partial charge < -0.3 is 14.4 Å². The average molecular weight is 442 g/mol. The molecule has 0 aliphatic carbocycles. The number of methoxy groups -OCH3 is 2. The van der Waals surface area contributed by atoms with Gasteiger partial charge in [-0.2, -0.15) is 5.26 Å². The molecule has 1 fully saturated rings. The first-order valence-corrected chi connectivity index (χ1v) is 10.7. The molecule has 2 aliphatic rings. The standard InChI is InChI=1S/C22H20ClN3O3S/c1-28-14-7-8-19(20(9-14)29-2)25-12-26-21(27)10-16(15-5-3-4-6-18(15)23)17(11-24)22(26)30-13-25/h3-9,16H,10,12-13H2,1-2H3/t16-/m1/s1. The van der Waals surface area contributed by atoms with Crippen LogP contribution in [0.4, 0.5) is 5.69 Å². The van der Waals surface area contributed by atoms with Gasteiger partial charge in [0.05, 0.1) is 49.1 Å². The third kappa shape index (κ3) is 3.57. The number of thioether (sulfide) groups is 1. The summed E-state index contributed by atoms with van der Waals surface area (Å²) in [7, 11) is 3.21. The topological polar surface area (TPSA) is 65.8 Å². The first-order valence-electron chi connectivity index (χ1n) is 9.36. The summed E-state index contributed by atoms with van der Waals surface area (Å²) in [5, 5.41) is 11.2. The smallest absolute Gasteiger partial charge is 0.229 e. The molecule has 2 aromatic carbocycles. The van der Waals surface area contributed by atoms with Crippen molar-refractivity contribution in [3.63, 3.8) is 0 Å². The number of benzene rings is 2. The molecule has 0 radical (unpaired) electrons. The van der Waals surface area contributed by atoms with Crippen molar-refractivity contribution in [2.75, 3.05) is 31.7 Å². The number of anilines is 1. The first kappa shape index (κ1) is 20.5. The summed E-state index contributed by atoms with van der Waals surface area (Å²) < 4.78 is 10.8. The van der Waals surface area contributed by atoms with Gasteiger partial charge in [-0.25, -0.2) is 0 Å².